The van der Waals surface area contributed by atoms with E-state index in [1.807, 2.05) is 0 Å². The van der Waals surface area contributed by atoms with Crippen molar-refractivity contribution in [2.75, 3.05) is 26.1 Å². The van der Waals surface area contributed by atoms with Gasteiger partial charge in [-0.1, -0.05) is 12.1 Å². The van der Waals surface area contributed by atoms with Gasteiger partial charge in [0.1, 0.15) is 17.6 Å². The first-order valence-electron chi connectivity index (χ1n) is 9.63. The number of imidazole rings is 1. The average Bonchev–Trinajstić information content (AvgIpc) is 3.26. The summed E-state index contributed by atoms with van der Waals surface area (Å²) in [6, 6.07) is 9.73. The molecule has 0 bridgehead atoms. The maximum atomic E-state index is 13.9. The fraction of sp³-hybridized carbons (Fsp3) is 0.227. The predicted molar refractivity (Wildman–Crippen MR) is 111 cm³/mol. The van der Waals surface area contributed by atoms with E-state index in [1.165, 1.54) is 32.4 Å². The minimum absolute atomic E-state index is 0.272. The molecule has 0 fully saturated rings. The van der Waals surface area contributed by atoms with Crippen molar-refractivity contribution in [2.45, 2.75) is 12.5 Å². The van der Waals surface area contributed by atoms with E-state index in [9.17, 15) is 14.0 Å². The SMILES string of the molecule is COC(=O)c1ccc(OC)c(NC(=O)N2CCc3[nH]cnc3[C@H]2c2cccc(F)c2)c1. The highest BCUT2D eigenvalue weighted by Gasteiger charge is 2.34. The summed E-state index contributed by atoms with van der Waals surface area (Å²) in [6.07, 6.45) is 2.15. The third-order valence-electron chi connectivity index (χ3n) is 5.21. The summed E-state index contributed by atoms with van der Waals surface area (Å²) in [7, 11) is 2.75. The molecule has 160 valence electrons. The summed E-state index contributed by atoms with van der Waals surface area (Å²) >= 11 is 0. The number of aromatic nitrogens is 2. The number of amides is 2. The van der Waals surface area contributed by atoms with Crippen LogP contribution in [-0.2, 0) is 11.2 Å². The Morgan fingerprint density at radius 1 is 1.23 bits per heavy atom. The lowest BCUT2D eigenvalue weighted by atomic mass is 9.96. The Kier molecular flexibility index (Phi) is 5.57. The zero-order chi connectivity index (χ0) is 22.0. The number of carbonyl (C=O) groups is 2. The lowest BCUT2D eigenvalue weighted by Crippen LogP contribution is -2.43. The van der Waals surface area contributed by atoms with Crippen molar-refractivity contribution in [2.24, 2.45) is 0 Å². The minimum Gasteiger partial charge on any atom is -0.495 e. The zero-order valence-corrected chi connectivity index (χ0v) is 17.0. The standard InChI is InChI=1S/C22H21FN4O4/c1-30-18-7-6-14(21(28)31-2)11-17(18)26-22(29)27-9-8-16-19(25-12-24-16)20(27)13-4-3-5-15(23)10-13/h3-7,10-12,20H,8-9H2,1-2H3,(H,24,25)(H,26,29)/t20-/m1/s1. The molecule has 0 unspecified atom stereocenters. The van der Waals surface area contributed by atoms with Crippen LogP contribution in [0.2, 0.25) is 0 Å². The molecule has 2 amide bonds. The number of hydrogen-bond acceptors (Lipinski definition) is 5. The third kappa shape index (κ3) is 3.94. The summed E-state index contributed by atoms with van der Waals surface area (Å²) in [5.74, 6) is -0.538. The second kappa shape index (κ2) is 8.47. The molecule has 2 heterocycles. The van der Waals surface area contributed by atoms with Crippen LogP contribution >= 0.6 is 0 Å². The van der Waals surface area contributed by atoms with E-state index in [0.29, 0.717) is 35.7 Å². The maximum absolute atomic E-state index is 13.9. The van der Waals surface area contributed by atoms with Gasteiger partial charge in [-0.15, -0.1) is 0 Å². The molecular formula is C22H21FN4O4. The molecule has 0 aliphatic carbocycles. The maximum Gasteiger partial charge on any atom is 0.337 e. The van der Waals surface area contributed by atoms with Gasteiger partial charge in [0.25, 0.3) is 0 Å². The fourth-order valence-corrected chi connectivity index (χ4v) is 3.75. The highest BCUT2D eigenvalue weighted by Crippen LogP contribution is 2.35. The molecule has 9 heteroatoms. The van der Waals surface area contributed by atoms with E-state index in [2.05, 4.69) is 15.3 Å². The summed E-state index contributed by atoms with van der Waals surface area (Å²) < 4.78 is 24.0. The van der Waals surface area contributed by atoms with Gasteiger partial charge in [0, 0.05) is 18.7 Å². The van der Waals surface area contributed by atoms with Crippen LogP contribution in [0.5, 0.6) is 5.75 Å². The molecule has 1 aromatic heterocycles. The quantitative estimate of drug-likeness (QED) is 0.625. The molecule has 1 aliphatic rings. The van der Waals surface area contributed by atoms with Crippen molar-refractivity contribution in [1.29, 1.82) is 0 Å². The van der Waals surface area contributed by atoms with Gasteiger partial charge in [0.05, 0.1) is 37.5 Å². The van der Waals surface area contributed by atoms with Crippen LogP contribution in [0.1, 0.15) is 33.4 Å². The van der Waals surface area contributed by atoms with Crippen LogP contribution < -0.4 is 10.1 Å². The van der Waals surface area contributed by atoms with E-state index in [-0.39, 0.29) is 5.56 Å². The van der Waals surface area contributed by atoms with Gasteiger partial charge in [-0.25, -0.2) is 19.0 Å². The molecule has 8 nitrogen and oxygen atoms in total. The smallest absolute Gasteiger partial charge is 0.337 e. The molecule has 4 rings (SSSR count). The number of H-pyrrole nitrogens is 1. The molecule has 0 spiro atoms. The van der Waals surface area contributed by atoms with Crippen LogP contribution in [-0.4, -0.2) is 47.6 Å². The molecule has 2 aromatic carbocycles. The number of anilines is 1. The highest BCUT2D eigenvalue weighted by atomic mass is 19.1. The van der Waals surface area contributed by atoms with Gasteiger partial charge in [0.15, 0.2) is 0 Å². The van der Waals surface area contributed by atoms with Gasteiger partial charge in [0.2, 0.25) is 0 Å². The molecule has 2 N–H and O–H groups in total. The van der Waals surface area contributed by atoms with Gasteiger partial charge in [-0.05, 0) is 35.9 Å². The van der Waals surface area contributed by atoms with Crippen molar-refractivity contribution in [3.05, 3.63) is 77.1 Å². The van der Waals surface area contributed by atoms with E-state index in [0.717, 1.165) is 5.69 Å². The van der Waals surface area contributed by atoms with E-state index < -0.39 is 23.9 Å². The van der Waals surface area contributed by atoms with Crippen LogP contribution in [0.4, 0.5) is 14.9 Å². The van der Waals surface area contributed by atoms with E-state index in [4.69, 9.17) is 9.47 Å². The van der Waals surface area contributed by atoms with E-state index >= 15 is 0 Å². The van der Waals surface area contributed by atoms with Gasteiger partial charge in [-0.2, -0.15) is 0 Å². The number of rotatable bonds is 4. The number of aromatic amines is 1. The molecular weight excluding hydrogens is 403 g/mol. The Bertz CT molecular complexity index is 1130. The highest BCUT2D eigenvalue weighted by molar-refractivity contribution is 5.95. The van der Waals surface area contributed by atoms with Crippen LogP contribution in [0.3, 0.4) is 0 Å². The lowest BCUT2D eigenvalue weighted by Gasteiger charge is -2.35. The molecule has 31 heavy (non-hydrogen) atoms. The van der Waals surface area contributed by atoms with Crippen molar-refractivity contribution >= 4 is 17.7 Å². The molecule has 1 atom stereocenters. The van der Waals surface area contributed by atoms with Gasteiger partial charge in [-0.3, -0.25) is 0 Å². The summed E-state index contributed by atoms with van der Waals surface area (Å²) in [4.78, 5) is 34.3. The largest absolute Gasteiger partial charge is 0.495 e. The molecule has 3 aromatic rings. The number of fused-ring (bicyclic) bond motifs is 1. The Morgan fingerprint density at radius 2 is 2.06 bits per heavy atom. The van der Waals surface area contributed by atoms with E-state index in [1.54, 1.807) is 35.5 Å². The second-order valence-electron chi connectivity index (χ2n) is 7.00. The topological polar surface area (TPSA) is 96.5 Å². The zero-order valence-electron chi connectivity index (χ0n) is 17.0. The summed E-state index contributed by atoms with van der Waals surface area (Å²) in [5.41, 5.74) is 2.78. The Hall–Kier alpha value is -3.88. The average molecular weight is 424 g/mol. The third-order valence-corrected chi connectivity index (χ3v) is 5.21. The van der Waals surface area contributed by atoms with Gasteiger partial charge < -0.3 is 24.7 Å². The Morgan fingerprint density at radius 3 is 2.81 bits per heavy atom. The number of hydrogen-bond donors (Lipinski definition) is 2. The first-order chi connectivity index (χ1) is 15.0. The number of carbonyl (C=O) groups excluding carboxylic acids is 2. The Labute approximate surface area is 178 Å². The first kappa shape index (κ1) is 20.4. The normalized spacial score (nSPS) is 15.2. The summed E-state index contributed by atoms with van der Waals surface area (Å²) in [6.45, 7) is 0.390. The fourth-order valence-electron chi connectivity index (χ4n) is 3.75. The number of methoxy groups -OCH3 is 2. The van der Waals surface area contributed by atoms with Crippen molar-refractivity contribution in [1.82, 2.24) is 14.9 Å². The van der Waals surface area contributed by atoms with Crippen LogP contribution in [0, 0.1) is 5.82 Å². The predicted octanol–water partition coefficient (Wildman–Crippen LogP) is 3.52. The van der Waals surface area contributed by atoms with Crippen LogP contribution in [0.15, 0.2) is 48.8 Å². The number of esters is 1. The lowest BCUT2D eigenvalue weighted by molar-refractivity contribution is 0.0600. The first-order valence-corrected chi connectivity index (χ1v) is 9.63. The van der Waals surface area contributed by atoms with Crippen molar-refractivity contribution < 1.29 is 23.5 Å². The number of halogens is 1. The molecule has 1 aliphatic heterocycles. The van der Waals surface area contributed by atoms with Crippen molar-refractivity contribution in [3.8, 4) is 5.75 Å². The molecule has 0 saturated carbocycles. The summed E-state index contributed by atoms with van der Waals surface area (Å²) in [5, 5.41) is 2.81. The number of benzene rings is 2. The van der Waals surface area contributed by atoms with Crippen LogP contribution in [0.25, 0.3) is 0 Å². The number of nitrogens with zero attached hydrogens (tertiary/aromatic N) is 2. The monoisotopic (exact) mass is 424 g/mol. The number of ether oxygens (including phenoxy) is 2. The number of urea groups is 1. The molecule has 0 radical (unpaired) electrons. The van der Waals surface area contributed by atoms with Gasteiger partial charge >= 0.3 is 12.0 Å². The second-order valence-corrected chi connectivity index (χ2v) is 7.00. The minimum atomic E-state index is -0.569. The molecule has 0 saturated heterocycles. The number of nitrogens with one attached hydrogen (secondary N) is 2. The van der Waals surface area contributed by atoms with Crippen molar-refractivity contribution in [3.63, 3.8) is 0 Å². The Balaban J connectivity index is 1.68.